The zero-order valence-corrected chi connectivity index (χ0v) is 15.9. The molecule has 138 valence electrons. The third-order valence-corrected chi connectivity index (χ3v) is 4.69. The summed E-state index contributed by atoms with van der Waals surface area (Å²) in [5, 5.41) is 3.38. The molecule has 0 atom stereocenters. The number of amides is 1. The number of carbonyl (C=O) groups excluding carboxylic acids is 2. The van der Waals surface area contributed by atoms with Crippen LogP contribution < -0.4 is 10.1 Å². The molecule has 0 saturated heterocycles. The van der Waals surface area contributed by atoms with E-state index in [0.29, 0.717) is 23.1 Å². The molecule has 1 N–H and O–H groups in total. The smallest absolute Gasteiger partial charge is 0.307 e. The van der Waals surface area contributed by atoms with E-state index < -0.39 is 5.97 Å². The molecule has 0 aliphatic carbocycles. The maximum Gasteiger partial charge on any atom is 0.307 e. The molecule has 2 rings (SSSR count). The third-order valence-electron chi connectivity index (χ3n) is 3.42. The van der Waals surface area contributed by atoms with Crippen LogP contribution in [0.4, 0.5) is 0 Å². The molecule has 0 aromatic heterocycles. The fraction of sp³-hybridized carbons (Fsp3) is 0.263. The van der Waals surface area contributed by atoms with Crippen LogP contribution in [0.15, 0.2) is 53.4 Å². The second-order valence-electron chi connectivity index (χ2n) is 5.30. The zero-order chi connectivity index (χ0) is 18.8. The quantitative estimate of drug-likeness (QED) is 0.520. The van der Waals surface area contributed by atoms with Crippen LogP contribution in [0, 0.1) is 0 Å². The molecule has 0 heterocycles. The van der Waals surface area contributed by atoms with E-state index in [-0.39, 0.29) is 18.9 Å². The molecule has 0 radical (unpaired) electrons. The van der Waals surface area contributed by atoms with Gasteiger partial charge in [0.1, 0.15) is 5.75 Å². The molecule has 0 aliphatic heterocycles. The number of ether oxygens (including phenoxy) is 2. The zero-order valence-electron chi connectivity index (χ0n) is 14.4. The molecule has 0 fully saturated rings. The average Bonchev–Trinajstić information content (AvgIpc) is 2.66. The normalized spacial score (nSPS) is 10.2. The van der Waals surface area contributed by atoms with Crippen LogP contribution >= 0.6 is 23.4 Å². The fourth-order valence-electron chi connectivity index (χ4n) is 2.10. The van der Waals surface area contributed by atoms with Crippen molar-refractivity contribution in [1.29, 1.82) is 0 Å². The fourth-order valence-corrected chi connectivity index (χ4v) is 3.05. The highest BCUT2D eigenvalue weighted by Crippen LogP contribution is 2.21. The SMILES string of the molecule is COc1ccccc1CNC(=O)COC(=O)CCSc1ccc(Cl)cc1. The number of halogens is 1. The first-order valence-corrected chi connectivity index (χ1v) is 9.37. The summed E-state index contributed by atoms with van der Waals surface area (Å²) >= 11 is 7.35. The minimum absolute atomic E-state index is 0.229. The summed E-state index contributed by atoms with van der Waals surface area (Å²) in [5.41, 5.74) is 0.856. The summed E-state index contributed by atoms with van der Waals surface area (Å²) in [5.74, 6) is 0.515. The Hall–Kier alpha value is -2.18. The summed E-state index contributed by atoms with van der Waals surface area (Å²) in [6, 6.07) is 14.8. The first-order valence-electron chi connectivity index (χ1n) is 8.01. The van der Waals surface area contributed by atoms with Gasteiger partial charge in [0, 0.05) is 27.8 Å². The molecule has 2 aromatic rings. The molecule has 0 spiro atoms. The lowest BCUT2D eigenvalue weighted by Gasteiger charge is -2.10. The summed E-state index contributed by atoms with van der Waals surface area (Å²) in [7, 11) is 1.57. The lowest BCUT2D eigenvalue weighted by atomic mass is 10.2. The molecule has 7 heteroatoms. The van der Waals surface area contributed by atoms with E-state index in [1.807, 2.05) is 36.4 Å². The Morgan fingerprint density at radius 1 is 1.12 bits per heavy atom. The van der Waals surface area contributed by atoms with Gasteiger partial charge in [-0.25, -0.2) is 0 Å². The highest BCUT2D eigenvalue weighted by molar-refractivity contribution is 7.99. The average molecular weight is 394 g/mol. The Morgan fingerprint density at radius 2 is 1.85 bits per heavy atom. The topological polar surface area (TPSA) is 64.6 Å². The van der Waals surface area contributed by atoms with Crippen LogP contribution in [0.3, 0.4) is 0 Å². The number of carbonyl (C=O) groups is 2. The third kappa shape index (κ3) is 6.98. The first kappa shape index (κ1) is 20.1. The summed E-state index contributed by atoms with van der Waals surface area (Å²) < 4.78 is 10.2. The Balaban J connectivity index is 1.63. The van der Waals surface area contributed by atoms with Gasteiger partial charge in [-0.1, -0.05) is 29.8 Å². The largest absolute Gasteiger partial charge is 0.496 e. The molecule has 2 aromatic carbocycles. The molecule has 5 nitrogen and oxygen atoms in total. The van der Waals surface area contributed by atoms with E-state index in [1.54, 1.807) is 19.2 Å². The lowest BCUT2D eigenvalue weighted by molar-refractivity contribution is -0.148. The van der Waals surface area contributed by atoms with E-state index in [0.717, 1.165) is 10.5 Å². The monoisotopic (exact) mass is 393 g/mol. The van der Waals surface area contributed by atoms with Crippen molar-refractivity contribution in [2.45, 2.75) is 17.9 Å². The Morgan fingerprint density at radius 3 is 2.58 bits per heavy atom. The van der Waals surface area contributed by atoms with E-state index in [1.165, 1.54) is 11.8 Å². The van der Waals surface area contributed by atoms with Gasteiger partial charge in [0.25, 0.3) is 5.91 Å². The van der Waals surface area contributed by atoms with Gasteiger partial charge in [0.15, 0.2) is 6.61 Å². The van der Waals surface area contributed by atoms with E-state index in [2.05, 4.69) is 5.32 Å². The molecule has 1 amide bonds. The summed E-state index contributed by atoms with van der Waals surface area (Å²) in [6.45, 7) is 0.0202. The van der Waals surface area contributed by atoms with Crippen molar-refractivity contribution in [3.8, 4) is 5.75 Å². The maximum atomic E-state index is 11.8. The van der Waals surface area contributed by atoms with Gasteiger partial charge in [0.05, 0.1) is 13.5 Å². The van der Waals surface area contributed by atoms with Crippen LogP contribution in [0.25, 0.3) is 0 Å². The second-order valence-corrected chi connectivity index (χ2v) is 6.91. The van der Waals surface area contributed by atoms with Crippen molar-refractivity contribution in [3.05, 3.63) is 59.1 Å². The molecule has 0 aliphatic rings. The van der Waals surface area contributed by atoms with Crippen molar-refractivity contribution in [1.82, 2.24) is 5.32 Å². The van der Waals surface area contributed by atoms with Gasteiger partial charge in [-0.05, 0) is 30.3 Å². The first-order chi connectivity index (χ1) is 12.6. The minimum atomic E-state index is -0.404. The number of hydrogen-bond donors (Lipinski definition) is 1. The van der Waals surface area contributed by atoms with E-state index in [4.69, 9.17) is 21.1 Å². The predicted octanol–water partition coefficient (Wildman–Crippen LogP) is 3.69. The highest BCUT2D eigenvalue weighted by Gasteiger charge is 2.09. The number of thioether (sulfide) groups is 1. The predicted molar refractivity (Wildman–Crippen MR) is 103 cm³/mol. The van der Waals surface area contributed by atoms with Crippen molar-refractivity contribution < 1.29 is 19.1 Å². The highest BCUT2D eigenvalue weighted by atomic mass is 35.5. The molecule has 26 heavy (non-hydrogen) atoms. The number of methoxy groups -OCH3 is 1. The minimum Gasteiger partial charge on any atom is -0.496 e. The van der Waals surface area contributed by atoms with Crippen molar-refractivity contribution >= 4 is 35.2 Å². The number of nitrogens with one attached hydrogen (secondary N) is 1. The van der Waals surface area contributed by atoms with Gasteiger partial charge >= 0.3 is 5.97 Å². The molecule has 0 saturated carbocycles. The Kier molecular flexibility index (Phi) is 8.31. The van der Waals surface area contributed by atoms with Crippen LogP contribution in [-0.4, -0.2) is 31.3 Å². The molecular formula is C19H20ClNO4S. The maximum absolute atomic E-state index is 11.8. The number of benzene rings is 2. The lowest BCUT2D eigenvalue weighted by Crippen LogP contribution is -2.28. The van der Waals surface area contributed by atoms with Gasteiger partial charge in [-0.15, -0.1) is 11.8 Å². The Labute approximate surface area is 162 Å². The van der Waals surface area contributed by atoms with Gasteiger partial charge in [-0.3, -0.25) is 9.59 Å². The molecule has 0 bridgehead atoms. The van der Waals surface area contributed by atoms with Crippen molar-refractivity contribution in [2.75, 3.05) is 19.5 Å². The summed E-state index contributed by atoms with van der Waals surface area (Å²) in [6.07, 6.45) is 0.229. The van der Waals surface area contributed by atoms with Crippen LogP contribution in [0.5, 0.6) is 5.75 Å². The van der Waals surface area contributed by atoms with Crippen LogP contribution in [0.2, 0.25) is 5.02 Å². The second kappa shape index (κ2) is 10.7. The number of esters is 1. The van der Waals surface area contributed by atoms with Gasteiger partial charge in [0.2, 0.25) is 0 Å². The standard InChI is InChI=1S/C19H20ClNO4S/c1-24-17-5-3-2-4-14(17)12-21-18(22)13-25-19(23)10-11-26-16-8-6-15(20)7-9-16/h2-9H,10-13H2,1H3,(H,21,22). The van der Waals surface area contributed by atoms with Crippen molar-refractivity contribution in [2.24, 2.45) is 0 Å². The van der Waals surface area contributed by atoms with Crippen molar-refractivity contribution in [3.63, 3.8) is 0 Å². The van der Waals surface area contributed by atoms with Gasteiger partial charge < -0.3 is 14.8 Å². The molecular weight excluding hydrogens is 374 g/mol. The number of hydrogen-bond acceptors (Lipinski definition) is 5. The Bertz CT molecular complexity index is 737. The van der Waals surface area contributed by atoms with E-state index in [9.17, 15) is 9.59 Å². The van der Waals surface area contributed by atoms with Crippen LogP contribution in [0.1, 0.15) is 12.0 Å². The van der Waals surface area contributed by atoms with E-state index >= 15 is 0 Å². The van der Waals surface area contributed by atoms with Gasteiger partial charge in [-0.2, -0.15) is 0 Å². The summed E-state index contributed by atoms with van der Waals surface area (Å²) in [4.78, 5) is 24.5. The number of para-hydroxylation sites is 1. The van der Waals surface area contributed by atoms with Crippen LogP contribution in [-0.2, 0) is 20.9 Å². The number of rotatable bonds is 9. The molecule has 0 unspecified atom stereocenters.